The van der Waals surface area contributed by atoms with Gasteiger partial charge < -0.3 is 10.1 Å². The Bertz CT molecular complexity index is 823. The number of benzene rings is 1. The molecule has 1 fully saturated rings. The number of pyridine rings is 1. The Hall–Kier alpha value is -2.06. The van der Waals surface area contributed by atoms with Gasteiger partial charge in [0.05, 0.1) is 17.7 Å². The molecule has 1 saturated heterocycles. The van der Waals surface area contributed by atoms with Crippen LogP contribution in [0.3, 0.4) is 0 Å². The standard InChI is InChI=1S/C19H20ClF4N3O/c1-28-17-3-2-12(8-16(17)21)11-27-6-4-14(5-7-27)26-18-15(20)9-13(10-25-18)19(22,23)24/h2-3,8-10,14H,4-7,11H2,1H3,(H,25,26). The largest absolute Gasteiger partial charge is 0.494 e. The minimum absolute atomic E-state index is 0.0500. The topological polar surface area (TPSA) is 37.4 Å². The second-order valence-corrected chi connectivity index (χ2v) is 7.12. The van der Waals surface area contributed by atoms with Crippen LogP contribution in [0.5, 0.6) is 5.75 Å². The molecule has 0 saturated carbocycles. The molecule has 0 radical (unpaired) electrons. The lowest BCUT2D eigenvalue weighted by atomic mass is 10.0. The lowest BCUT2D eigenvalue weighted by Crippen LogP contribution is -2.38. The van der Waals surface area contributed by atoms with E-state index in [1.54, 1.807) is 6.07 Å². The maximum absolute atomic E-state index is 13.8. The highest BCUT2D eigenvalue weighted by atomic mass is 35.5. The molecule has 4 nitrogen and oxygen atoms in total. The number of methoxy groups -OCH3 is 1. The van der Waals surface area contributed by atoms with E-state index in [0.717, 1.165) is 43.8 Å². The molecule has 0 spiro atoms. The molecule has 2 heterocycles. The fourth-order valence-corrected chi connectivity index (χ4v) is 3.42. The van der Waals surface area contributed by atoms with E-state index < -0.39 is 11.7 Å². The Labute approximate surface area is 165 Å². The summed E-state index contributed by atoms with van der Waals surface area (Å²) in [6, 6.07) is 5.85. The van der Waals surface area contributed by atoms with Crippen LogP contribution in [-0.2, 0) is 12.7 Å². The minimum Gasteiger partial charge on any atom is -0.494 e. The zero-order chi connectivity index (χ0) is 20.3. The molecule has 28 heavy (non-hydrogen) atoms. The van der Waals surface area contributed by atoms with Crippen molar-refractivity contribution in [3.63, 3.8) is 0 Å². The maximum Gasteiger partial charge on any atom is 0.417 e. The Morgan fingerprint density at radius 2 is 1.96 bits per heavy atom. The predicted molar refractivity (Wildman–Crippen MR) is 99.1 cm³/mol. The van der Waals surface area contributed by atoms with Crippen molar-refractivity contribution in [3.8, 4) is 5.75 Å². The molecular formula is C19H20ClF4N3O. The van der Waals surface area contributed by atoms with E-state index in [9.17, 15) is 17.6 Å². The van der Waals surface area contributed by atoms with Crippen molar-refractivity contribution in [2.75, 3.05) is 25.5 Å². The third-order valence-electron chi connectivity index (χ3n) is 4.72. The number of piperidine rings is 1. The average molecular weight is 418 g/mol. The Morgan fingerprint density at radius 3 is 2.54 bits per heavy atom. The number of hydrogen-bond acceptors (Lipinski definition) is 4. The van der Waals surface area contributed by atoms with Gasteiger partial charge in [0.2, 0.25) is 0 Å². The lowest BCUT2D eigenvalue weighted by Gasteiger charge is -2.32. The summed E-state index contributed by atoms with van der Waals surface area (Å²) in [4.78, 5) is 6.02. The Balaban J connectivity index is 1.54. The van der Waals surface area contributed by atoms with Crippen LogP contribution >= 0.6 is 11.6 Å². The summed E-state index contributed by atoms with van der Waals surface area (Å²) in [6.07, 6.45) is -2.14. The average Bonchev–Trinajstić information content (AvgIpc) is 2.64. The summed E-state index contributed by atoms with van der Waals surface area (Å²) >= 11 is 5.95. The van der Waals surface area contributed by atoms with Crippen molar-refractivity contribution < 1.29 is 22.3 Å². The number of aromatic nitrogens is 1. The molecule has 0 bridgehead atoms. The SMILES string of the molecule is COc1ccc(CN2CCC(Nc3ncc(C(F)(F)F)cc3Cl)CC2)cc1F. The number of hydrogen-bond donors (Lipinski definition) is 1. The van der Waals surface area contributed by atoms with Gasteiger partial charge in [-0.25, -0.2) is 9.37 Å². The summed E-state index contributed by atoms with van der Waals surface area (Å²) in [5.74, 6) is 0.0810. The van der Waals surface area contributed by atoms with Crippen molar-refractivity contribution in [2.24, 2.45) is 0 Å². The molecule has 9 heteroatoms. The molecule has 0 atom stereocenters. The number of nitrogens with zero attached hydrogens (tertiary/aromatic N) is 2. The number of anilines is 1. The molecule has 152 valence electrons. The minimum atomic E-state index is -4.47. The van der Waals surface area contributed by atoms with Crippen molar-refractivity contribution in [1.29, 1.82) is 0 Å². The van der Waals surface area contributed by atoms with Crippen LogP contribution in [0.4, 0.5) is 23.4 Å². The fourth-order valence-electron chi connectivity index (χ4n) is 3.19. The van der Waals surface area contributed by atoms with Crippen LogP contribution in [-0.4, -0.2) is 36.1 Å². The quantitative estimate of drug-likeness (QED) is 0.696. The molecule has 1 N–H and O–H groups in total. The van der Waals surface area contributed by atoms with Gasteiger partial charge in [0, 0.05) is 31.9 Å². The number of likely N-dealkylation sites (tertiary alicyclic amines) is 1. The van der Waals surface area contributed by atoms with Crippen LogP contribution in [0.25, 0.3) is 0 Å². The van der Waals surface area contributed by atoms with E-state index in [2.05, 4.69) is 15.2 Å². The van der Waals surface area contributed by atoms with E-state index in [1.165, 1.54) is 13.2 Å². The molecule has 0 amide bonds. The van der Waals surface area contributed by atoms with Crippen molar-refractivity contribution >= 4 is 17.4 Å². The molecule has 1 aromatic carbocycles. The second kappa shape index (κ2) is 8.53. The number of nitrogens with one attached hydrogen (secondary N) is 1. The zero-order valence-electron chi connectivity index (χ0n) is 15.2. The first-order valence-corrected chi connectivity index (χ1v) is 9.18. The summed E-state index contributed by atoms with van der Waals surface area (Å²) in [5.41, 5.74) is -0.0123. The highest BCUT2D eigenvalue weighted by Crippen LogP contribution is 2.33. The number of alkyl halides is 3. The second-order valence-electron chi connectivity index (χ2n) is 6.72. The predicted octanol–water partition coefficient (Wildman–Crippen LogP) is 4.98. The molecule has 1 aliphatic rings. The molecule has 0 unspecified atom stereocenters. The first kappa shape index (κ1) is 20.7. The van der Waals surface area contributed by atoms with Gasteiger partial charge in [-0.15, -0.1) is 0 Å². The van der Waals surface area contributed by atoms with E-state index in [1.807, 2.05) is 6.07 Å². The van der Waals surface area contributed by atoms with Crippen LogP contribution in [0.2, 0.25) is 5.02 Å². The van der Waals surface area contributed by atoms with Gasteiger partial charge in [0.15, 0.2) is 11.6 Å². The Morgan fingerprint density at radius 1 is 1.25 bits per heavy atom. The highest BCUT2D eigenvalue weighted by molar-refractivity contribution is 6.33. The van der Waals surface area contributed by atoms with Crippen LogP contribution < -0.4 is 10.1 Å². The van der Waals surface area contributed by atoms with Crippen molar-refractivity contribution in [1.82, 2.24) is 9.88 Å². The molecule has 1 aliphatic heterocycles. The zero-order valence-corrected chi connectivity index (χ0v) is 15.9. The number of halogens is 5. The molecule has 0 aliphatic carbocycles. The van der Waals surface area contributed by atoms with Gasteiger partial charge in [0.25, 0.3) is 0 Å². The van der Waals surface area contributed by atoms with Crippen molar-refractivity contribution in [3.05, 3.63) is 52.4 Å². The lowest BCUT2D eigenvalue weighted by molar-refractivity contribution is -0.137. The number of ether oxygens (including phenoxy) is 1. The first-order valence-electron chi connectivity index (χ1n) is 8.80. The van der Waals surface area contributed by atoms with Crippen LogP contribution in [0, 0.1) is 5.82 Å². The normalized spacial score (nSPS) is 16.2. The van der Waals surface area contributed by atoms with Crippen LogP contribution in [0.15, 0.2) is 30.5 Å². The summed E-state index contributed by atoms with van der Waals surface area (Å²) in [7, 11) is 1.42. The van der Waals surface area contributed by atoms with E-state index in [4.69, 9.17) is 16.3 Å². The third kappa shape index (κ3) is 5.05. The summed E-state index contributed by atoms with van der Waals surface area (Å²) in [6.45, 7) is 2.15. The van der Waals surface area contributed by atoms with Crippen LogP contribution in [0.1, 0.15) is 24.0 Å². The van der Waals surface area contributed by atoms with E-state index in [0.29, 0.717) is 6.54 Å². The smallest absolute Gasteiger partial charge is 0.417 e. The first-order chi connectivity index (χ1) is 13.3. The van der Waals surface area contributed by atoms with E-state index >= 15 is 0 Å². The van der Waals surface area contributed by atoms with Gasteiger partial charge in [-0.2, -0.15) is 13.2 Å². The monoisotopic (exact) mass is 417 g/mol. The van der Waals surface area contributed by atoms with Gasteiger partial charge in [-0.1, -0.05) is 17.7 Å². The highest BCUT2D eigenvalue weighted by Gasteiger charge is 2.32. The van der Waals surface area contributed by atoms with Gasteiger partial charge in [0.1, 0.15) is 5.82 Å². The third-order valence-corrected chi connectivity index (χ3v) is 5.01. The molecule has 2 aromatic rings. The molecular weight excluding hydrogens is 398 g/mol. The fraction of sp³-hybridized carbons (Fsp3) is 0.421. The Kier molecular flexibility index (Phi) is 6.30. The summed E-state index contributed by atoms with van der Waals surface area (Å²) in [5, 5.41) is 3.07. The van der Waals surface area contributed by atoms with Gasteiger partial charge in [-0.3, -0.25) is 4.90 Å². The van der Waals surface area contributed by atoms with Gasteiger partial charge >= 0.3 is 6.18 Å². The van der Waals surface area contributed by atoms with Crippen molar-refractivity contribution in [2.45, 2.75) is 31.6 Å². The molecule has 3 rings (SSSR count). The molecule has 1 aromatic heterocycles. The summed E-state index contributed by atoms with van der Waals surface area (Å²) < 4.78 is 56.8. The number of rotatable bonds is 5. The van der Waals surface area contributed by atoms with E-state index in [-0.39, 0.29) is 28.4 Å². The maximum atomic E-state index is 13.8. The van der Waals surface area contributed by atoms with Gasteiger partial charge in [-0.05, 0) is 36.6 Å².